The largest absolute Gasteiger partial charge is 0.439 e. The van der Waals surface area contributed by atoms with Gasteiger partial charge in [0.2, 0.25) is 0 Å². The molecule has 2 fully saturated rings. The Bertz CT molecular complexity index is 1280. The first-order chi connectivity index (χ1) is 18.5. The highest BCUT2D eigenvalue weighted by molar-refractivity contribution is 5.71. The summed E-state index contributed by atoms with van der Waals surface area (Å²) in [6, 6.07) is 2.69. The SMILES string of the molecule is C[C@H]1C(c2cc(C(F)(F)F)cc(C(F)(F)F)c2)OC(=O)N1Cc1cc(C(F)(F)F)ccc1C#CC1CCCCC1. The van der Waals surface area contributed by atoms with Crippen LogP contribution >= 0.6 is 0 Å². The third-order valence-corrected chi connectivity index (χ3v) is 7.12. The van der Waals surface area contributed by atoms with Crippen LogP contribution in [0.1, 0.15) is 78.5 Å². The topological polar surface area (TPSA) is 29.5 Å². The summed E-state index contributed by atoms with van der Waals surface area (Å²) in [6.07, 6.45) is -12.8. The number of hydrogen-bond donors (Lipinski definition) is 0. The summed E-state index contributed by atoms with van der Waals surface area (Å²) in [5.74, 6) is 6.07. The molecule has 4 rings (SSSR count). The number of ether oxygens (including phenoxy) is 1. The minimum Gasteiger partial charge on any atom is -0.439 e. The Labute approximate surface area is 224 Å². The molecule has 12 heteroatoms. The lowest BCUT2D eigenvalue weighted by molar-refractivity contribution is -0.143. The second-order valence-corrected chi connectivity index (χ2v) is 9.99. The van der Waals surface area contributed by atoms with Crippen LogP contribution in [0.15, 0.2) is 36.4 Å². The van der Waals surface area contributed by atoms with E-state index in [4.69, 9.17) is 4.74 Å². The predicted octanol–water partition coefficient (Wildman–Crippen LogP) is 8.76. The molecule has 1 aliphatic carbocycles. The number of benzene rings is 2. The summed E-state index contributed by atoms with van der Waals surface area (Å²) in [7, 11) is 0. The molecule has 40 heavy (non-hydrogen) atoms. The highest BCUT2D eigenvalue weighted by Gasteiger charge is 2.43. The number of hydrogen-bond acceptors (Lipinski definition) is 2. The molecule has 2 aliphatic rings. The molecule has 0 radical (unpaired) electrons. The molecule has 2 aromatic carbocycles. The van der Waals surface area contributed by atoms with E-state index in [2.05, 4.69) is 11.8 Å². The van der Waals surface area contributed by atoms with Gasteiger partial charge in [-0.1, -0.05) is 31.1 Å². The fraction of sp³-hybridized carbons (Fsp3) is 0.464. The zero-order chi connectivity index (χ0) is 29.5. The number of rotatable bonds is 3. The molecule has 1 saturated heterocycles. The van der Waals surface area contributed by atoms with Crippen LogP contribution in [0.3, 0.4) is 0 Å². The molecule has 1 saturated carbocycles. The van der Waals surface area contributed by atoms with Gasteiger partial charge in [0.05, 0.1) is 29.3 Å². The van der Waals surface area contributed by atoms with Gasteiger partial charge in [-0.05, 0) is 67.3 Å². The Morgan fingerprint density at radius 3 is 1.95 bits per heavy atom. The molecule has 0 N–H and O–H groups in total. The Morgan fingerprint density at radius 2 is 1.40 bits per heavy atom. The van der Waals surface area contributed by atoms with E-state index < -0.39 is 65.6 Å². The maximum absolute atomic E-state index is 13.5. The van der Waals surface area contributed by atoms with E-state index >= 15 is 0 Å². The van der Waals surface area contributed by atoms with Gasteiger partial charge in [0.1, 0.15) is 6.10 Å². The highest BCUT2D eigenvalue weighted by atomic mass is 19.4. The van der Waals surface area contributed by atoms with Crippen LogP contribution < -0.4 is 0 Å². The normalized spacial score (nSPS) is 20.8. The maximum atomic E-state index is 13.5. The summed E-state index contributed by atoms with van der Waals surface area (Å²) in [5.41, 5.74) is -4.40. The van der Waals surface area contributed by atoms with Crippen molar-refractivity contribution in [2.24, 2.45) is 5.92 Å². The molecule has 0 aromatic heterocycles. The monoisotopic (exact) mass is 577 g/mol. The molecule has 2 atom stereocenters. The fourth-order valence-corrected chi connectivity index (χ4v) is 4.94. The highest BCUT2D eigenvalue weighted by Crippen LogP contribution is 2.41. The Morgan fingerprint density at radius 1 is 0.825 bits per heavy atom. The average Bonchev–Trinajstić information content (AvgIpc) is 3.15. The molecule has 0 bridgehead atoms. The second kappa shape index (κ2) is 10.9. The van der Waals surface area contributed by atoms with Crippen molar-refractivity contribution in [2.75, 3.05) is 0 Å². The lowest BCUT2D eigenvalue weighted by Gasteiger charge is -2.23. The third kappa shape index (κ3) is 6.67. The number of halogens is 9. The van der Waals surface area contributed by atoms with Crippen molar-refractivity contribution in [3.05, 3.63) is 69.8 Å². The van der Waals surface area contributed by atoms with Gasteiger partial charge in [-0.25, -0.2) is 4.79 Å². The zero-order valence-corrected chi connectivity index (χ0v) is 21.1. The van der Waals surface area contributed by atoms with Gasteiger partial charge >= 0.3 is 24.6 Å². The number of carbonyl (C=O) groups is 1. The third-order valence-electron chi connectivity index (χ3n) is 7.12. The number of nitrogens with zero attached hydrogens (tertiary/aromatic N) is 1. The summed E-state index contributed by atoms with van der Waals surface area (Å²) >= 11 is 0. The Balaban J connectivity index is 1.68. The smallest absolute Gasteiger partial charge is 0.416 e. The number of cyclic esters (lactones) is 1. The molecule has 216 valence electrons. The predicted molar refractivity (Wildman–Crippen MR) is 126 cm³/mol. The van der Waals surface area contributed by atoms with Crippen LogP contribution in [-0.2, 0) is 29.8 Å². The summed E-state index contributed by atoms with van der Waals surface area (Å²) < 4.78 is 126. The van der Waals surface area contributed by atoms with Crippen molar-refractivity contribution in [3.63, 3.8) is 0 Å². The molecular formula is C28H24F9NO2. The van der Waals surface area contributed by atoms with Crippen LogP contribution in [0.4, 0.5) is 44.3 Å². The minimum atomic E-state index is -5.11. The van der Waals surface area contributed by atoms with E-state index in [9.17, 15) is 44.3 Å². The first kappa shape index (κ1) is 29.6. The van der Waals surface area contributed by atoms with E-state index in [0.29, 0.717) is 12.1 Å². The van der Waals surface area contributed by atoms with Gasteiger partial charge in [-0.2, -0.15) is 39.5 Å². The van der Waals surface area contributed by atoms with E-state index in [1.165, 1.54) is 13.0 Å². The van der Waals surface area contributed by atoms with Crippen LogP contribution in [-0.4, -0.2) is 17.0 Å². The van der Waals surface area contributed by atoms with Gasteiger partial charge in [0.25, 0.3) is 0 Å². The summed E-state index contributed by atoms with van der Waals surface area (Å²) in [4.78, 5) is 13.7. The van der Waals surface area contributed by atoms with Crippen molar-refractivity contribution in [3.8, 4) is 11.8 Å². The standard InChI is InChI=1S/C28H24F9NO2/c1-16-24(19-11-22(27(32,33)34)14-23(12-19)28(35,36)37)40-25(39)38(16)15-20-13-21(26(29,30)31)10-9-18(20)8-7-17-5-3-2-4-6-17/h9-14,16-17,24H,2-6,15H2,1H3/t16-,24?/m0/s1. The molecule has 3 nitrogen and oxygen atoms in total. The summed E-state index contributed by atoms with van der Waals surface area (Å²) in [6.45, 7) is 0.893. The summed E-state index contributed by atoms with van der Waals surface area (Å²) in [5, 5.41) is 0. The molecule has 1 unspecified atom stereocenters. The Hall–Kier alpha value is -3.36. The van der Waals surface area contributed by atoms with Crippen LogP contribution in [0.2, 0.25) is 0 Å². The van der Waals surface area contributed by atoms with E-state index in [-0.39, 0.29) is 23.1 Å². The van der Waals surface area contributed by atoms with Gasteiger partial charge in [0.15, 0.2) is 0 Å². The van der Waals surface area contributed by atoms with E-state index in [1.807, 2.05) is 0 Å². The first-order valence-electron chi connectivity index (χ1n) is 12.5. The quantitative estimate of drug-likeness (QED) is 0.270. The molecule has 1 amide bonds. The maximum Gasteiger partial charge on any atom is 0.416 e. The number of carbonyl (C=O) groups excluding carboxylic acids is 1. The van der Waals surface area contributed by atoms with E-state index in [0.717, 1.165) is 49.1 Å². The zero-order valence-electron chi connectivity index (χ0n) is 21.1. The van der Waals surface area contributed by atoms with Crippen LogP contribution in [0, 0.1) is 17.8 Å². The van der Waals surface area contributed by atoms with Gasteiger partial charge in [-0.3, -0.25) is 4.90 Å². The number of amides is 1. The number of alkyl halides is 9. The first-order valence-corrected chi connectivity index (χ1v) is 12.5. The molecular weight excluding hydrogens is 553 g/mol. The van der Waals surface area contributed by atoms with Crippen LogP contribution in [0.25, 0.3) is 0 Å². The van der Waals surface area contributed by atoms with Crippen molar-refractivity contribution in [1.82, 2.24) is 4.90 Å². The van der Waals surface area contributed by atoms with Crippen molar-refractivity contribution >= 4 is 6.09 Å². The second-order valence-electron chi connectivity index (χ2n) is 9.99. The lowest BCUT2D eigenvalue weighted by Crippen LogP contribution is -2.32. The van der Waals surface area contributed by atoms with E-state index in [1.54, 1.807) is 0 Å². The van der Waals surface area contributed by atoms with Crippen molar-refractivity contribution in [2.45, 2.75) is 76.2 Å². The van der Waals surface area contributed by atoms with Gasteiger partial charge in [0, 0.05) is 11.5 Å². The van der Waals surface area contributed by atoms with Crippen molar-refractivity contribution in [1.29, 1.82) is 0 Å². The lowest BCUT2D eigenvalue weighted by atomic mass is 9.89. The van der Waals surface area contributed by atoms with Crippen molar-refractivity contribution < 1.29 is 49.0 Å². The minimum absolute atomic E-state index is 0.0302. The average molecular weight is 577 g/mol. The molecule has 0 spiro atoms. The fourth-order valence-electron chi connectivity index (χ4n) is 4.94. The molecule has 2 aromatic rings. The molecule has 1 heterocycles. The van der Waals surface area contributed by atoms with Gasteiger partial charge in [-0.15, -0.1) is 0 Å². The Kier molecular flexibility index (Phi) is 8.07. The molecule has 1 aliphatic heterocycles. The van der Waals surface area contributed by atoms with Gasteiger partial charge < -0.3 is 4.74 Å². The van der Waals surface area contributed by atoms with Crippen LogP contribution in [0.5, 0.6) is 0 Å².